The van der Waals surface area contributed by atoms with E-state index in [1.807, 2.05) is 0 Å². The zero-order valence-corrected chi connectivity index (χ0v) is 15.0. The minimum absolute atomic E-state index is 0.167. The molecule has 0 aliphatic carbocycles. The molecule has 1 aromatic heterocycles. The third kappa shape index (κ3) is 2.99. The van der Waals surface area contributed by atoms with Crippen LogP contribution in [-0.2, 0) is 10.2 Å². The van der Waals surface area contributed by atoms with E-state index in [0.717, 1.165) is 57.4 Å². The maximum absolute atomic E-state index is 5.85. The van der Waals surface area contributed by atoms with Gasteiger partial charge in [0.2, 0.25) is 5.89 Å². The molecule has 1 unspecified atom stereocenters. The van der Waals surface area contributed by atoms with Crippen LogP contribution in [0.15, 0.2) is 28.8 Å². The van der Waals surface area contributed by atoms with Gasteiger partial charge >= 0.3 is 0 Å². The second kappa shape index (κ2) is 6.86. The van der Waals surface area contributed by atoms with Crippen LogP contribution in [0.25, 0.3) is 0 Å². The molecule has 6 heteroatoms. The Balaban J connectivity index is 1.73. The Labute approximate surface area is 148 Å². The van der Waals surface area contributed by atoms with Gasteiger partial charge in [0.25, 0.3) is 0 Å². The summed E-state index contributed by atoms with van der Waals surface area (Å²) in [7, 11) is 2.12. The molecule has 2 aliphatic rings. The average molecular weight is 342 g/mol. The molecular weight excluding hydrogens is 316 g/mol. The maximum Gasteiger partial charge on any atom is 0.237 e. The van der Waals surface area contributed by atoms with E-state index in [9.17, 15) is 0 Å². The molecule has 2 saturated heterocycles. The first kappa shape index (κ1) is 16.7. The number of piperazine rings is 1. The number of hydrogen-bond acceptors (Lipinski definition) is 6. The molecule has 0 spiro atoms. The van der Waals surface area contributed by atoms with Crippen LogP contribution in [0.2, 0.25) is 0 Å². The van der Waals surface area contributed by atoms with E-state index in [-0.39, 0.29) is 11.5 Å². The molecule has 2 aromatic rings. The van der Waals surface area contributed by atoms with Crippen molar-refractivity contribution < 1.29 is 9.26 Å². The lowest BCUT2D eigenvalue weighted by atomic mass is 9.72. The van der Waals surface area contributed by atoms with E-state index in [1.165, 1.54) is 11.1 Å². The number of nitrogens with one attached hydrogen (secondary N) is 1. The van der Waals surface area contributed by atoms with E-state index in [1.54, 1.807) is 0 Å². The molecule has 2 fully saturated rings. The number of benzene rings is 1. The molecule has 6 nitrogen and oxygen atoms in total. The van der Waals surface area contributed by atoms with Crippen molar-refractivity contribution in [3.8, 4) is 0 Å². The molecule has 134 valence electrons. The highest BCUT2D eigenvalue weighted by molar-refractivity contribution is 5.38. The third-order valence-electron chi connectivity index (χ3n) is 5.67. The lowest BCUT2D eigenvalue weighted by molar-refractivity contribution is 0.0521. The predicted molar refractivity (Wildman–Crippen MR) is 94.6 cm³/mol. The van der Waals surface area contributed by atoms with Gasteiger partial charge in [-0.1, -0.05) is 29.4 Å². The van der Waals surface area contributed by atoms with Crippen molar-refractivity contribution in [1.29, 1.82) is 0 Å². The quantitative estimate of drug-likeness (QED) is 0.921. The van der Waals surface area contributed by atoms with Gasteiger partial charge in [-0.25, -0.2) is 0 Å². The summed E-state index contributed by atoms with van der Waals surface area (Å²) in [5, 5.41) is 7.78. The number of nitrogens with zero attached hydrogens (tertiary/aromatic N) is 3. The van der Waals surface area contributed by atoms with Crippen molar-refractivity contribution in [3.05, 3.63) is 47.1 Å². The van der Waals surface area contributed by atoms with Gasteiger partial charge in [0, 0.05) is 32.8 Å². The Morgan fingerprint density at radius 1 is 1.24 bits per heavy atom. The third-order valence-corrected chi connectivity index (χ3v) is 5.67. The largest absolute Gasteiger partial charge is 0.381 e. The Bertz CT molecular complexity index is 724. The summed E-state index contributed by atoms with van der Waals surface area (Å²) in [6, 6.07) is 8.69. The first-order valence-corrected chi connectivity index (χ1v) is 9.09. The molecule has 25 heavy (non-hydrogen) atoms. The Morgan fingerprint density at radius 2 is 2.04 bits per heavy atom. The normalized spacial score (nSPS) is 24.3. The zero-order chi connectivity index (χ0) is 17.3. The monoisotopic (exact) mass is 342 g/mol. The van der Waals surface area contributed by atoms with Crippen molar-refractivity contribution in [2.24, 2.45) is 0 Å². The smallest absolute Gasteiger partial charge is 0.237 e. The second-order valence-corrected chi connectivity index (χ2v) is 7.17. The van der Waals surface area contributed by atoms with Crippen LogP contribution in [0.3, 0.4) is 0 Å². The number of hydrogen-bond donors (Lipinski definition) is 1. The molecule has 0 radical (unpaired) electrons. The first-order chi connectivity index (χ1) is 12.2. The highest BCUT2D eigenvalue weighted by atomic mass is 16.5. The lowest BCUT2D eigenvalue weighted by Gasteiger charge is -2.35. The molecule has 0 amide bonds. The highest BCUT2D eigenvalue weighted by Crippen LogP contribution is 2.42. The molecule has 1 aromatic carbocycles. The molecule has 4 rings (SSSR count). The van der Waals surface area contributed by atoms with E-state index in [2.05, 4.69) is 53.6 Å². The van der Waals surface area contributed by atoms with Crippen molar-refractivity contribution in [2.45, 2.75) is 31.2 Å². The van der Waals surface area contributed by atoms with Crippen molar-refractivity contribution in [1.82, 2.24) is 20.4 Å². The lowest BCUT2D eigenvalue weighted by Crippen LogP contribution is -2.44. The topological polar surface area (TPSA) is 63.4 Å². The summed E-state index contributed by atoms with van der Waals surface area (Å²) in [6.07, 6.45) is 1.75. The van der Waals surface area contributed by atoms with Crippen LogP contribution >= 0.6 is 0 Å². The molecule has 1 atom stereocenters. The van der Waals surface area contributed by atoms with Gasteiger partial charge in [0.05, 0.1) is 11.5 Å². The van der Waals surface area contributed by atoms with Crippen LogP contribution in [0.1, 0.15) is 41.7 Å². The molecule has 3 heterocycles. The Morgan fingerprint density at radius 3 is 2.80 bits per heavy atom. The van der Waals surface area contributed by atoms with Gasteiger partial charge in [0.1, 0.15) is 0 Å². The van der Waals surface area contributed by atoms with Gasteiger partial charge < -0.3 is 14.6 Å². The van der Waals surface area contributed by atoms with E-state index >= 15 is 0 Å². The van der Waals surface area contributed by atoms with Gasteiger partial charge in [-0.15, -0.1) is 0 Å². The van der Waals surface area contributed by atoms with Gasteiger partial charge in [-0.05, 0) is 37.9 Å². The number of aryl methyl sites for hydroxylation is 1. The van der Waals surface area contributed by atoms with E-state index in [4.69, 9.17) is 14.2 Å². The molecular formula is C19H26N4O2. The number of likely N-dealkylation sites (N-methyl/N-ethyl adjacent to an activating group) is 1. The number of aromatic nitrogens is 2. The highest BCUT2D eigenvalue weighted by Gasteiger charge is 2.43. The minimum Gasteiger partial charge on any atom is -0.381 e. The standard InChI is InChI=1S/C19H26N4O2/c1-14-5-3-4-6-15(14)19(7-11-24-12-8-19)18-21-17(22-25-18)16-13-20-9-10-23(16)2/h3-6,16,20H,7-13H2,1-2H3. The van der Waals surface area contributed by atoms with E-state index in [0.29, 0.717) is 0 Å². The zero-order valence-electron chi connectivity index (χ0n) is 15.0. The molecule has 0 saturated carbocycles. The van der Waals surface area contributed by atoms with Crippen molar-refractivity contribution >= 4 is 0 Å². The summed E-state index contributed by atoms with van der Waals surface area (Å²) < 4.78 is 11.5. The van der Waals surface area contributed by atoms with Crippen LogP contribution < -0.4 is 5.32 Å². The van der Waals surface area contributed by atoms with Gasteiger partial charge in [0.15, 0.2) is 5.82 Å². The van der Waals surface area contributed by atoms with Crippen LogP contribution in [-0.4, -0.2) is 54.9 Å². The van der Waals surface area contributed by atoms with E-state index < -0.39 is 0 Å². The van der Waals surface area contributed by atoms with Crippen LogP contribution in [0, 0.1) is 6.92 Å². The number of rotatable bonds is 3. The van der Waals surface area contributed by atoms with Crippen molar-refractivity contribution in [2.75, 3.05) is 39.9 Å². The summed E-state index contributed by atoms with van der Waals surface area (Å²) in [6.45, 7) is 6.44. The predicted octanol–water partition coefficient (Wildman–Crippen LogP) is 2.05. The SMILES string of the molecule is Cc1ccccc1C1(c2nc(C3CNCCN3C)no2)CCOCC1. The maximum atomic E-state index is 5.85. The fraction of sp³-hybridized carbons (Fsp3) is 0.579. The molecule has 0 bridgehead atoms. The first-order valence-electron chi connectivity index (χ1n) is 9.09. The van der Waals surface area contributed by atoms with Crippen LogP contribution in [0.5, 0.6) is 0 Å². The van der Waals surface area contributed by atoms with Crippen LogP contribution in [0.4, 0.5) is 0 Å². The van der Waals surface area contributed by atoms with Gasteiger partial charge in [-0.3, -0.25) is 4.90 Å². The average Bonchev–Trinajstić information content (AvgIpc) is 3.13. The fourth-order valence-electron chi connectivity index (χ4n) is 4.09. The summed E-state index contributed by atoms with van der Waals surface area (Å²) >= 11 is 0. The molecule has 1 N–H and O–H groups in total. The minimum atomic E-state index is -0.241. The fourth-order valence-corrected chi connectivity index (χ4v) is 4.09. The number of ether oxygens (including phenoxy) is 1. The Kier molecular flexibility index (Phi) is 4.58. The second-order valence-electron chi connectivity index (χ2n) is 7.17. The van der Waals surface area contributed by atoms with Gasteiger partial charge in [-0.2, -0.15) is 4.98 Å². The summed E-state index contributed by atoms with van der Waals surface area (Å²) in [4.78, 5) is 7.17. The van der Waals surface area contributed by atoms with Crippen molar-refractivity contribution in [3.63, 3.8) is 0 Å². The summed E-state index contributed by atoms with van der Waals surface area (Å²) in [5.74, 6) is 1.52. The molecule has 2 aliphatic heterocycles. The Hall–Kier alpha value is -1.76. The summed E-state index contributed by atoms with van der Waals surface area (Å²) in [5.41, 5.74) is 2.31.